The summed E-state index contributed by atoms with van der Waals surface area (Å²) in [6.07, 6.45) is 1.99. The Morgan fingerprint density at radius 3 is 2.73 bits per heavy atom. The third-order valence-corrected chi connectivity index (χ3v) is 5.19. The number of ketones is 1. The molecular formula is C21H27NO4. The molecule has 0 bridgehead atoms. The fourth-order valence-electron chi connectivity index (χ4n) is 3.38. The maximum absolute atomic E-state index is 12.8. The molecule has 0 fully saturated rings. The minimum atomic E-state index is -0.480. The van der Waals surface area contributed by atoms with Gasteiger partial charge in [0.25, 0.3) is 5.91 Å². The van der Waals surface area contributed by atoms with Gasteiger partial charge in [-0.2, -0.15) is 0 Å². The van der Waals surface area contributed by atoms with Crippen molar-refractivity contribution in [1.29, 1.82) is 0 Å². The number of carbonyl (C=O) groups is 2. The van der Waals surface area contributed by atoms with Crippen LogP contribution < -0.4 is 10.1 Å². The summed E-state index contributed by atoms with van der Waals surface area (Å²) in [5, 5.41) is 3.59. The smallest absolute Gasteiger partial charge is 0.287 e. The Kier molecular flexibility index (Phi) is 4.82. The Balaban J connectivity index is 1.99. The SMILES string of the molecule is CCC1(C)CC(=O)c2c(ccc3oc(C(=O)NCCC(C)C)c(C)c23)O1. The van der Waals surface area contributed by atoms with E-state index in [-0.39, 0.29) is 17.5 Å². The fraction of sp³-hybridized carbons (Fsp3) is 0.524. The summed E-state index contributed by atoms with van der Waals surface area (Å²) in [6, 6.07) is 3.55. The maximum Gasteiger partial charge on any atom is 0.287 e. The van der Waals surface area contributed by atoms with Crippen molar-refractivity contribution in [2.75, 3.05) is 6.54 Å². The molecule has 1 aliphatic heterocycles. The van der Waals surface area contributed by atoms with Gasteiger partial charge in [-0.3, -0.25) is 9.59 Å². The van der Waals surface area contributed by atoms with E-state index in [1.54, 1.807) is 12.1 Å². The predicted octanol–water partition coefficient (Wildman–Crippen LogP) is 4.65. The second-order valence-electron chi connectivity index (χ2n) is 7.81. The number of amides is 1. The molecular weight excluding hydrogens is 330 g/mol. The summed E-state index contributed by atoms with van der Waals surface area (Å²) in [4.78, 5) is 25.3. The highest BCUT2D eigenvalue weighted by Gasteiger charge is 2.37. The summed E-state index contributed by atoms with van der Waals surface area (Å²) in [7, 11) is 0. The number of fused-ring (bicyclic) bond motifs is 3. The number of furan rings is 1. The van der Waals surface area contributed by atoms with Crippen LogP contribution in [0.5, 0.6) is 5.75 Å². The van der Waals surface area contributed by atoms with Gasteiger partial charge in [0, 0.05) is 17.5 Å². The van der Waals surface area contributed by atoms with E-state index < -0.39 is 5.60 Å². The molecule has 0 radical (unpaired) electrons. The second-order valence-corrected chi connectivity index (χ2v) is 7.81. The number of nitrogens with one attached hydrogen (secondary N) is 1. The van der Waals surface area contributed by atoms with E-state index in [9.17, 15) is 9.59 Å². The van der Waals surface area contributed by atoms with Crippen LogP contribution >= 0.6 is 0 Å². The van der Waals surface area contributed by atoms with Gasteiger partial charge in [0.05, 0.1) is 12.0 Å². The Bertz CT molecular complexity index is 865. The molecule has 1 amide bonds. The highest BCUT2D eigenvalue weighted by Crippen LogP contribution is 2.41. The summed E-state index contributed by atoms with van der Waals surface area (Å²) >= 11 is 0. The van der Waals surface area contributed by atoms with Crippen LogP contribution in [0.4, 0.5) is 0 Å². The van der Waals surface area contributed by atoms with E-state index in [1.807, 2.05) is 20.8 Å². The number of hydrogen-bond donors (Lipinski definition) is 1. The zero-order valence-electron chi connectivity index (χ0n) is 16.2. The van der Waals surface area contributed by atoms with Crippen LogP contribution in [0, 0.1) is 12.8 Å². The number of hydrogen-bond acceptors (Lipinski definition) is 4. The molecule has 26 heavy (non-hydrogen) atoms. The normalized spacial score (nSPS) is 19.5. The second kappa shape index (κ2) is 6.78. The lowest BCUT2D eigenvalue weighted by Gasteiger charge is -2.34. The topological polar surface area (TPSA) is 68.5 Å². The van der Waals surface area contributed by atoms with E-state index in [0.29, 0.717) is 46.7 Å². The zero-order valence-corrected chi connectivity index (χ0v) is 16.2. The van der Waals surface area contributed by atoms with Gasteiger partial charge < -0.3 is 14.5 Å². The van der Waals surface area contributed by atoms with Crippen LogP contribution in [-0.2, 0) is 0 Å². The van der Waals surface area contributed by atoms with Gasteiger partial charge in [-0.05, 0) is 44.7 Å². The molecule has 5 nitrogen and oxygen atoms in total. The molecule has 1 aromatic heterocycles. The van der Waals surface area contributed by atoms with Crippen LogP contribution in [0.2, 0.25) is 0 Å². The number of ether oxygens (including phenoxy) is 1. The molecule has 140 valence electrons. The van der Waals surface area contributed by atoms with Crippen molar-refractivity contribution in [3.8, 4) is 5.75 Å². The zero-order chi connectivity index (χ0) is 19.1. The molecule has 0 aliphatic carbocycles. The maximum atomic E-state index is 12.8. The number of benzene rings is 1. The first-order valence-electron chi connectivity index (χ1n) is 9.32. The molecule has 2 heterocycles. The van der Waals surface area contributed by atoms with Gasteiger partial charge in [-0.1, -0.05) is 20.8 Å². The lowest BCUT2D eigenvalue weighted by atomic mass is 9.87. The molecule has 1 aromatic carbocycles. The number of aryl methyl sites for hydroxylation is 1. The highest BCUT2D eigenvalue weighted by molar-refractivity contribution is 6.13. The van der Waals surface area contributed by atoms with Crippen molar-refractivity contribution in [2.24, 2.45) is 5.92 Å². The van der Waals surface area contributed by atoms with Crippen LogP contribution in [0.1, 0.15) is 73.4 Å². The van der Waals surface area contributed by atoms with Crippen LogP contribution in [0.25, 0.3) is 11.0 Å². The molecule has 0 saturated heterocycles. The van der Waals surface area contributed by atoms with E-state index >= 15 is 0 Å². The lowest BCUT2D eigenvalue weighted by Crippen LogP contribution is -2.38. The van der Waals surface area contributed by atoms with Gasteiger partial charge in [0.15, 0.2) is 11.5 Å². The van der Waals surface area contributed by atoms with Crippen molar-refractivity contribution in [1.82, 2.24) is 5.32 Å². The minimum Gasteiger partial charge on any atom is -0.486 e. The Morgan fingerprint density at radius 2 is 2.08 bits per heavy atom. The Morgan fingerprint density at radius 1 is 1.35 bits per heavy atom. The number of carbonyl (C=O) groups excluding carboxylic acids is 2. The van der Waals surface area contributed by atoms with Crippen molar-refractivity contribution >= 4 is 22.7 Å². The average molecular weight is 357 g/mol. The number of rotatable bonds is 5. The summed E-state index contributed by atoms with van der Waals surface area (Å²) < 4.78 is 11.9. The first kappa shape index (κ1) is 18.5. The molecule has 1 atom stereocenters. The molecule has 0 spiro atoms. The molecule has 1 unspecified atom stereocenters. The summed E-state index contributed by atoms with van der Waals surface area (Å²) in [5.41, 5.74) is 1.30. The highest BCUT2D eigenvalue weighted by atomic mass is 16.5. The van der Waals surface area contributed by atoms with Gasteiger partial charge in [-0.15, -0.1) is 0 Å². The van der Waals surface area contributed by atoms with E-state index in [0.717, 1.165) is 12.8 Å². The third kappa shape index (κ3) is 3.22. The largest absolute Gasteiger partial charge is 0.486 e. The first-order valence-corrected chi connectivity index (χ1v) is 9.32. The fourth-order valence-corrected chi connectivity index (χ4v) is 3.38. The monoisotopic (exact) mass is 357 g/mol. The molecule has 0 saturated carbocycles. The predicted molar refractivity (Wildman–Crippen MR) is 101 cm³/mol. The van der Waals surface area contributed by atoms with E-state index in [2.05, 4.69) is 19.2 Å². The van der Waals surface area contributed by atoms with Crippen molar-refractivity contribution in [3.05, 3.63) is 29.0 Å². The van der Waals surface area contributed by atoms with Gasteiger partial charge >= 0.3 is 0 Å². The summed E-state index contributed by atoms with van der Waals surface area (Å²) in [6.45, 7) is 10.6. The van der Waals surface area contributed by atoms with Crippen LogP contribution in [0.15, 0.2) is 16.5 Å². The third-order valence-electron chi connectivity index (χ3n) is 5.19. The lowest BCUT2D eigenvalue weighted by molar-refractivity contribution is 0.0503. The molecule has 5 heteroatoms. The quantitative estimate of drug-likeness (QED) is 0.845. The van der Waals surface area contributed by atoms with Gasteiger partial charge in [-0.25, -0.2) is 0 Å². The Hall–Kier alpha value is -2.30. The molecule has 1 aliphatic rings. The minimum absolute atomic E-state index is 0.0388. The standard InChI is InChI=1S/C21H27NO4/c1-6-21(5)11-14(23)18-16(26-21)8-7-15-17(18)13(4)19(25-15)20(24)22-10-9-12(2)3/h7-8,12H,6,9-11H2,1-5H3,(H,22,24). The van der Waals surface area contributed by atoms with Gasteiger partial charge in [0.1, 0.15) is 16.9 Å². The number of Topliss-reactive ketones (excluding diaryl/α,β-unsaturated/α-hetero) is 1. The van der Waals surface area contributed by atoms with E-state index in [1.165, 1.54) is 0 Å². The van der Waals surface area contributed by atoms with Crippen molar-refractivity contribution in [3.63, 3.8) is 0 Å². The van der Waals surface area contributed by atoms with Crippen molar-refractivity contribution in [2.45, 2.75) is 59.5 Å². The molecule has 2 aromatic rings. The van der Waals surface area contributed by atoms with Gasteiger partial charge in [0.2, 0.25) is 0 Å². The van der Waals surface area contributed by atoms with Crippen molar-refractivity contribution < 1.29 is 18.7 Å². The van der Waals surface area contributed by atoms with Crippen LogP contribution in [-0.4, -0.2) is 23.8 Å². The van der Waals surface area contributed by atoms with Crippen LogP contribution in [0.3, 0.4) is 0 Å². The van der Waals surface area contributed by atoms with E-state index in [4.69, 9.17) is 9.15 Å². The average Bonchev–Trinajstić information content (AvgIpc) is 2.91. The molecule has 1 N–H and O–H groups in total. The Labute approximate surface area is 154 Å². The first-order chi connectivity index (χ1) is 12.3. The summed E-state index contributed by atoms with van der Waals surface area (Å²) in [5.74, 6) is 1.16. The molecule has 3 rings (SSSR count).